The zero-order valence-corrected chi connectivity index (χ0v) is 10.1. The quantitative estimate of drug-likeness (QED) is 0.792. The number of benzene rings is 1. The Kier molecular flexibility index (Phi) is 3.67. The van der Waals surface area contributed by atoms with E-state index in [1.807, 2.05) is 12.1 Å². The highest BCUT2D eigenvalue weighted by Crippen LogP contribution is 2.35. The topological polar surface area (TPSA) is 49.3 Å². The molecule has 0 aromatic heterocycles. The number of carboxylic acids is 1. The number of hydrogen-bond donors (Lipinski definition) is 2. The number of anilines is 1. The normalized spacial score (nSPS) is 16.5. The number of nitrogens with one attached hydrogen (secondary N) is 1. The van der Waals surface area contributed by atoms with Crippen LogP contribution in [-0.2, 0) is 0 Å². The second-order valence-electron chi connectivity index (χ2n) is 4.78. The maximum atomic E-state index is 11.1. The van der Waals surface area contributed by atoms with E-state index in [1.165, 1.54) is 12.8 Å². The molecule has 1 fully saturated rings. The summed E-state index contributed by atoms with van der Waals surface area (Å²) in [5.41, 5.74) is 1.11. The summed E-state index contributed by atoms with van der Waals surface area (Å²) in [4.78, 5) is 11.1. The van der Waals surface area contributed by atoms with Crippen LogP contribution in [0.2, 0.25) is 0 Å². The van der Waals surface area contributed by atoms with Crippen LogP contribution in [0.5, 0.6) is 0 Å². The highest BCUT2D eigenvalue weighted by atomic mass is 16.4. The first-order valence-corrected chi connectivity index (χ1v) is 6.29. The van der Waals surface area contributed by atoms with Gasteiger partial charge in [0.2, 0.25) is 0 Å². The highest BCUT2D eigenvalue weighted by Gasteiger charge is 2.25. The third kappa shape index (κ3) is 3.22. The highest BCUT2D eigenvalue weighted by molar-refractivity contribution is 5.94. The van der Waals surface area contributed by atoms with Crippen LogP contribution >= 0.6 is 0 Å². The van der Waals surface area contributed by atoms with Gasteiger partial charge in [0.15, 0.2) is 0 Å². The molecular weight excluding hydrogens is 214 g/mol. The predicted molar refractivity (Wildman–Crippen MR) is 68.4 cm³/mol. The zero-order chi connectivity index (χ0) is 12.3. The average molecular weight is 233 g/mol. The summed E-state index contributed by atoms with van der Waals surface area (Å²) in [5.74, 6) is -0.0150. The van der Waals surface area contributed by atoms with Gasteiger partial charge >= 0.3 is 5.97 Å². The minimum absolute atomic E-state index is 0.363. The van der Waals surface area contributed by atoms with E-state index < -0.39 is 5.97 Å². The minimum atomic E-state index is -0.866. The summed E-state index contributed by atoms with van der Waals surface area (Å²) in [6, 6.07) is 7.52. The maximum Gasteiger partial charge on any atom is 0.337 e. The van der Waals surface area contributed by atoms with Crippen LogP contribution in [0.15, 0.2) is 24.3 Å². The van der Waals surface area contributed by atoms with Crippen molar-refractivity contribution in [3.63, 3.8) is 0 Å². The van der Waals surface area contributed by atoms with Gasteiger partial charge in [0.05, 0.1) is 5.56 Å². The van der Waals surface area contributed by atoms with Crippen molar-refractivity contribution in [3.8, 4) is 0 Å². The molecule has 1 aliphatic carbocycles. The second kappa shape index (κ2) is 5.21. The molecule has 3 heteroatoms. The van der Waals surface area contributed by atoms with Crippen molar-refractivity contribution in [1.82, 2.24) is 0 Å². The van der Waals surface area contributed by atoms with Crippen LogP contribution in [0.3, 0.4) is 0 Å². The van der Waals surface area contributed by atoms with Crippen molar-refractivity contribution in [3.05, 3.63) is 29.8 Å². The summed E-state index contributed by atoms with van der Waals surface area (Å²) in [6.45, 7) is 2.14. The lowest BCUT2D eigenvalue weighted by atomic mass is 10.1. The maximum absolute atomic E-state index is 11.1. The molecule has 1 unspecified atom stereocenters. The van der Waals surface area contributed by atoms with Gasteiger partial charge < -0.3 is 10.4 Å². The number of carbonyl (C=O) groups is 1. The largest absolute Gasteiger partial charge is 0.478 e. The second-order valence-corrected chi connectivity index (χ2v) is 4.78. The molecule has 1 aromatic rings. The Morgan fingerprint density at radius 2 is 2.18 bits per heavy atom. The molecule has 0 aliphatic heterocycles. The molecule has 92 valence electrons. The summed E-state index contributed by atoms with van der Waals surface area (Å²) in [5, 5.41) is 12.5. The van der Waals surface area contributed by atoms with E-state index in [2.05, 4.69) is 12.2 Å². The fraction of sp³-hybridized carbons (Fsp3) is 0.500. The van der Waals surface area contributed by atoms with Gasteiger partial charge in [0.1, 0.15) is 0 Å². The molecule has 3 nitrogen and oxygen atoms in total. The van der Waals surface area contributed by atoms with E-state index >= 15 is 0 Å². The summed E-state index contributed by atoms with van der Waals surface area (Å²) >= 11 is 0. The Morgan fingerprint density at radius 1 is 1.47 bits per heavy atom. The first kappa shape index (κ1) is 12.0. The van der Waals surface area contributed by atoms with Crippen molar-refractivity contribution >= 4 is 11.7 Å². The van der Waals surface area contributed by atoms with Gasteiger partial charge in [0.25, 0.3) is 0 Å². The van der Waals surface area contributed by atoms with E-state index in [0.717, 1.165) is 24.4 Å². The molecule has 0 radical (unpaired) electrons. The molecule has 0 spiro atoms. The van der Waals surface area contributed by atoms with Gasteiger partial charge in [-0.3, -0.25) is 0 Å². The Morgan fingerprint density at radius 3 is 2.76 bits per heavy atom. The molecule has 0 heterocycles. The van der Waals surface area contributed by atoms with Gasteiger partial charge in [0, 0.05) is 11.7 Å². The molecule has 1 saturated carbocycles. The number of para-hydroxylation sites is 1. The molecule has 1 aliphatic rings. The first-order chi connectivity index (χ1) is 8.20. The van der Waals surface area contributed by atoms with Gasteiger partial charge in [-0.05, 0) is 30.9 Å². The minimum Gasteiger partial charge on any atom is -0.478 e. The van der Waals surface area contributed by atoms with E-state index in [1.54, 1.807) is 12.1 Å². The van der Waals surface area contributed by atoms with Gasteiger partial charge in [-0.25, -0.2) is 4.79 Å². The van der Waals surface area contributed by atoms with Crippen LogP contribution < -0.4 is 5.32 Å². The van der Waals surface area contributed by atoms with Crippen LogP contribution in [-0.4, -0.2) is 17.1 Å². The molecule has 0 bridgehead atoms. The number of rotatable bonds is 6. The molecule has 2 rings (SSSR count). The lowest BCUT2D eigenvalue weighted by Crippen LogP contribution is -2.20. The predicted octanol–water partition coefficient (Wildman–Crippen LogP) is 3.38. The third-order valence-electron chi connectivity index (χ3n) is 3.32. The van der Waals surface area contributed by atoms with E-state index in [-0.39, 0.29) is 0 Å². The molecule has 2 N–H and O–H groups in total. The molecule has 0 saturated heterocycles. The lowest BCUT2D eigenvalue weighted by molar-refractivity contribution is 0.0698. The third-order valence-corrected chi connectivity index (χ3v) is 3.32. The standard InChI is InChI=1S/C14H19NO2/c1-2-11(9-10-7-8-10)15-13-6-4-3-5-12(13)14(16)17/h3-6,10-11,15H,2,7-9H2,1H3,(H,16,17). The Balaban J connectivity index is 2.07. The summed E-state index contributed by atoms with van der Waals surface area (Å²) < 4.78 is 0. The molecule has 1 atom stereocenters. The van der Waals surface area contributed by atoms with E-state index in [9.17, 15) is 4.79 Å². The Bertz CT molecular complexity index is 399. The van der Waals surface area contributed by atoms with Crippen molar-refractivity contribution in [2.24, 2.45) is 5.92 Å². The average Bonchev–Trinajstić information content (AvgIpc) is 3.12. The number of hydrogen-bond acceptors (Lipinski definition) is 2. The first-order valence-electron chi connectivity index (χ1n) is 6.29. The van der Waals surface area contributed by atoms with E-state index in [4.69, 9.17) is 5.11 Å². The van der Waals surface area contributed by atoms with Crippen LogP contribution in [0.25, 0.3) is 0 Å². The fourth-order valence-electron chi connectivity index (χ4n) is 2.10. The smallest absolute Gasteiger partial charge is 0.337 e. The van der Waals surface area contributed by atoms with Crippen molar-refractivity contribution in [2.75, 3.05) is 5.32 Å². The van der Waals surface area contributed by atoms with Crippen molar-refractivity contribution in [2.45, 2.75) is 38.6 Å². The number of carboxylic acid groups (broad SMARTS) is 1. The van der Waals surface area contributed by atoms with Crippen LogP contribution in [0.4, 0.5) is 5.69 Å². The molecule has 0 amide bonds. The fourth-order valence-corrected chi connectivity index (χ4v) is 2.10. The monoisotopic (exact) mass is 233 g/mol. The van der Waals surface area contributed by atoms with Crippen molar-refractivity contribution in [1.29, 1.82) is 0 Å². The Hall–Kier alpha value is -1.51. The van der Waals surface area contributed by atoms with Crippen molar-refractivity contribution < 1.29 is 9.90 Å². The van der Waals surface area contributed by atoms with E-state index in [0.29, 0.717) is 11.6 Å². The number of aromatic carboxylic acids is 1. The van der Waals surface area contributed by atoms with Gasteiger partial charge in [-0.15, -0.1) is 0 Å². The zero-order valence-electron chi connectivity index (χ0n) is 10.1. The Labute approximate surface area is 102 Å². The van der Waals surface area contributed by atoms with Gasteiger partial charge in [-0.1, -0.05) is 31.9 Å². The van der Waals surface area contributed by atoms with Crippen LogP contribution in [0.1, 0.15) is 43.0 Å². The molecule has 1 aromatic carbocycles. The molecule has 17 heavy (non-hydrogen) atoms. The summed E-state index contributed by atoms with van der Waals surface area (Å²) in [7, 11) is 0. The van der Waals surface area contributed by atoms with Gasteiger partial charge in [-0.2, -0.15) is 0 Å². The molecular formula is C14H19NO2. The lowest BCUT2D eigenvalue weighted by Gasteiger charge is -2.19. The van der Waals surface area contributed by atoms with Crippen LogP contribution in [0, 0.1) is 5.92 Å². The summed E-state index contributed by atoms with van der Waals surface area (Å²) in [6.07, 6.45) is 4.85. The SMILES string of the molecule is CCC(CC1CC1)Nc1ccccc1C(=O)O.